The number of para-hydroxylation sites is 2. The molecule has 1 saturated heterocycles. The van der Waals surface area contributed by atoms with E-state index in [2.05, 4.69) is 22.9 Å². The molecule has 1 amide bonds. The second-order valence-electron chi connectivity index (χ2n) is 6.55. The van der Waals surface area contributed by atoms with Gasteiger partial charge in [-0.25, -0.2) is 0 Å². The second kappa shape index (κ2) is 8.20. The summed E-state index contributed by atoms with van der Waals surface area (Å²) in [7, 11) is 1.72. The highest BCUT2D eigenvalue weighted by atomic mass is 32.2. The van der Waals surface area contributed by atoms with Gasteiger partial charge in [0.2, 0.25) is 0 Å². The number of thioether (sulfide) groups is 1. The molecule has 28 heavy (non-hydrogen) atoms. The quantitative estimate of drug-likeness (QED) is 0.329. The smallest absolute Gasteiger partial charge is 0.265 e. The Morgan fingerprint density at radius 3 is 2.61 bits per heavy atom. The molecule has 0 N–H and O–H groups in total. The van der Waals surface area contributed by atoms with Gasteiger partial charge in [0.05, 0.1) is 11.5 Å². The van der Waals surface area contributed by atoms with E-state index in [1.807, 2.05) is 48.5 Å². The van der Waals surface area contributed by atoms with Crippen LogP contribution in [0.3, 0.4) is 0 Å². The van der Waals surface area contributed by atoms with E-state index in [0.717, 1.165) is 35.2 Å². The summed E-state index contributed by atoms with van der Waals surface area (Å²) in [6, 6.07) is 18.1. The third-order valence-corrected chi connectivity index (χ3v) is 6.13. The van der Waals surface area contributed by atoms with E-state index in [1.54, 1.807) is 7.05 Å². The first kappa shape index (κ1) is 18.8. The van der Waals surface area contributed by atoms with E-state index in [4.69, 9.17) is 17.0 Å². The Bertz CT molecular complexity index is 1060. The summed E-state index contributed by atoms with van der Waals surface area (Å²) in [5, 5.41) is 1.13. The second-order valence-corrected chi connectivity index (χ2v) is 8.23. The lowest BCUT2D eigenvalue weighted by Gasteiger charge is -2.07. The number of hydrogen-bond donors (Lipinski definition) is 0. The van der Waals surface area contributed by atoms with Crippen molar-refractivity contribution in [2.45, 2.75) is 13.0 Å². The monoisotopic (exact) mass is 408 g/mol. The van der Waals surface area contributed by atoms with Crippen molar-refractivity contribution < 1.29 is 9.53 Å². The van der Waals surface area contributed by atoms with E-state index in [0.29, 0.717) is 15.8 Å². The molecule has 2 aromatic carbocycles. The van der Waals surface area contributed by atoms with Gasteiger partial charge in [-0.3, -0.25) is 9.69 Å². The van der Waals surface area contributed by atoms with Gasteiger partial charge in [-0.15, -0.1) is 0 Å². The lowest BCUT2D eigenvalue weighted by molar-refractivity contribution is -0.121. The molecule has 4 nitrogen and oxygen atoms in total. The number of hydrogen-bond acceptors (Lipinski definition) is 4. The average molecular weight is 409 g/mol. The Kier molecular flexibility index (Phi) is 5.50. The van der Waals surface area contributed by atoms with Gasteiger partial charge in [-0.2, -0.15) is 0 Å². The number of benzene rings is 2. The molecule has 0 unspecified atom stereocenters. The summed E-state index contributed by atoms with van der Waals surface area (Å²) in [5.74, 6) is 0.852. The third kappa shape index (κ3) is 3.84. The highest BCUT2D eigenvalue weighted by molar-refractivity contribution is 8.26. The highest BCUT2D eigenvalue weighted by Crippen LogP contribution is 2.33. The van der Waals surface area contributed by atoms with Crippen LogP contribution in [0.15, 0.2) is 65.7 Å². The van der Waals surface area contributed by atoms with E-state index >= 15 is 0 Å². The van der Waals surface area contributed by atoms with Crippen molar-refractivity contribution >= 4 is 51.2 Å². The highest BCUT2D eigenvalue weighted by Gasteiger charge is 2.28. The molecule has 142 valence electrons. The van der Waals surface area contributed by atoms with Crippen molar-refractivity contribution in [2.24, 2.45) is 0 Å². The Hall–Kier alpha value is -2.57. The summed E-state index contributed by atoms with van der Waals surface area (Å²) in [5.41, 5.74) is 2.19. The number of aromatic nitrogens is 1. The molecule has 6 heteroatoms. The average Bonchev–Trinajstić information content (AvgIpc) is 3.19. The van der Waals surface area contributed by atoms with Crippen molar-refractivity contribution in [3.05, 3.63) is 71.3 Å². The predicted octanol–water partition coefficient (Wildman–Crippen LogP) is 4.94. The number of aryl methyl sites for hydroxylation is 1. The Balaban J connectivity index is 1.52. The van der Waals surface area contributed by atoms with Gasteiger partial charge < -0.3 is 9.30 Å². The zero-order valence-electron chi connectivity index (χ0n) is 15.5. The number of carbonyl (C=O) groups is 1. The van der Waals surface area contributed by atoms with E-state index in [1.165, 1.54) is 16.7 Å². The van der Waals surface area contributed by atoms with Crippen molar-refractivity contribution in [3.8, 4) is 5.75 Å². The molecular weight excluding hydrogens is 388 g/mol. The molecule has 1 aliphatic heterocycles. The maximum absolute atomic E-state index is 12.3. The van der Waals surface area contributed by atoms with Crippen molar-refractivity contribution in [1.29, 1.82) is 0 Å². The topological polar surface area (TPSA) is 34.5 Å². The number of carbonyl (C=O) groups excluding carboxylic acids is 1. The van der Waals surface area contributed by atoms with Crippen molar-refractivity contribution in [1.82, 2.24) is 9.47 Å². The number of nitrogens with zero attached hydrogens (tertiary/aromatic N) is 2. The van der Waals surface area contributed by atoms with Gasteiger partial charge in [0.15, 0.2) is 0 Å². The summed E-state index contributed by atoms with van der Waals surface area (Å²) in [6.45, 7) is 1.50. The molecule has 0 aliphatic carbocycles. The van der Waals surface area contributed by atoms with Gasteiger partial charge in [0, 0.05) is 36.3 Å². The number of ether oxygens (including phenoxy) is 1. The maximum Gasteiger partial charge on any atom is 0.265 e. The zero-order valence-corrected chi connectivity index (χ0v) is 17.1. The molecule has 0 spiro atoms. The number of fused-ring (bicyclic) bond motifs is 1. The van der Waals surface area contributed by atoms with E-state index < -0.39 is 0 Å². The Labute approximate surface area is 173 Å². The van der Waals surface area contributed by atoms with E-state index in [-0.39, 0.29) is 5.91 Å². The standard InChI is InChI=1S/C22H20N2O2S2/c1-23-21(25)20(28-22(23)27)14-16-15-24(19-11-6-5-10-18(16)19)12-7-13-26-17-8-3-2-4-9-17/h2-6,8-11,14-15H,7,12-13H2,1H3/b20-14-. The molecule has 1 aliphatic rings. The Morgan fingerprint density at radius 2 is 1.86 bits per heavy atom. The lowest BCUT2D eigenvalue weighted by Crippen LogP contribution is -2.22. The first-order valence-corrected chi connectivity index (χ1v) is 10.3. The minimum atomic E-state index is -0.0388. The molecular formula is C22H20N2O2S2. The van der Waals surface area contributed by atoms with Crippen LogP contribution in [0.1, 0.15) is 12.0 Å². The van der Waals surface area contributed by atoms with Crippen molar-refractivity contribution in [2.75, 3.05) is 13.7 Å². The van der Waals surface area contributed by atoms with Crippen LogP contribution in [-0.4, -0.2) is 33.3 Å². The van der Waals surface area contributed by atoms with Crippen LogP contribution in [0.25, 0.3) is 17.0 Å². The van der Waals surface area contributed by atoms with Crippen LogP contribution >= 0.6 is 24.0 Å². The fourth-order valence-corrected chi connectivity index (χ4v) is 4.37. The normalized spacial score (nSPS) is 15.8. The van der Waals surface area contributed by atoms with Crippen LogP contribution in [-0.2, 0) is 11.3 Å². The molecule has 1 aromatic heterocycles. The molecule has 1 fully saturated rings. The molecule has 0 radical (unpaired) electrons. The summed E-state index contributed by atoms with van der Waals surface area (Å²) in [6.07, 6.45) is 4.95. The minimum absolute atomic E-state index is 0.0388. The number of amides is 1. The molecule has 0 atom stereocenters. The third-order valence-electron chi connectivity index (χ3n) is 4.65. The van der Waals surface area contributed by atoms with E-state index in [9.17, 15) is 4.79 Å². The van der Waals surface area contributed by atoms with Crippen LogP contribution in [0.4, 0.5) is 0 Å². The van der Waals surface area contributed by atoms with Crippen molar-refractivity contribution in [3.63, 3.8) is 0 Å². The van der Waals surface area contributed by atoms with Gasteiger partial charge in [0.1, 0.15) is 10.1 Å². The van der Waals surface area contributed by atoms with Crippen LogP contribution in [0.5, 0.6) is 5.75 Å². The van der Waals surface area contributed by atoms with Crippen LogP contribution in [0, 0.1) is 0 Å². The molecule has 0 bridgehead atoms. The largest absolute Gasteiger partial charge is 0.494 e. The van der Waals surface area contributed by atoms with Crippen LogP contribution in [0.2, 0.25) is 0 Å². The van der Waals surface area contributed by atoms with Crippen LogP contribution < -0.4 is 4.74 Å². The van der Waals surface area contributed by atoms with Gasteiger partial charge in [-0.1, -0.05) is 60.4 Å². The predicted molar refractivity (Wildman–Crippen MR) is 119 cm³/mol. The zero-order chi connectivity index (χ0) is 19.5. The number of thiocarbonyl (C=S) groups is 1. The fraction of sp³-hybridized carbons (Fsp3) is 0.182. The molecule has 4 rings (SSSR count). The van der Waals surface area contributed by atoms with Gasteiger partial charge >= 0.3 is 0 Å². The number of rotatable bonds is 6. The minimum Gasteiger partial charge on any atom is -0.494 e. The first-order valence-electron chi connectivity index (χ1n) is 9.11. The molecule has 2 heterocycles. The SMILES string of the molecule is CN1C(=O)/C(=C/c2cn(CCCOc3ccccc3)c3ccccc23)SC1=S. The lowest BCUT2D eigenvalue weighted by atomic mass is 10.1. The first-order chi connectivity index (χ1) is 13.6. The number of likely N-dealkylation sites (N-methyl/N-ethyl adjacent to an activating group) is 1. The Morgan fingerprint density at radius 1 is 1.11 bits per heavy atom. The van der Waals surface area contributed by atoms with Gasteiger partial charge in [0.25, 0.3) is 5.91 Å². The molecule has 3 aromatic rings. The maximum atomic E-state index is 12.3. The summed E-state index contributed by atoms with van der Waals surface area (Å²) < 4.78 is 8.62. The fourth-order valence-electron chi connectivity index (χ4n) is 3.20. The molecule has 0 saturated carbocycles. The summed E-state index contributed by atoms with van der Waals surface area (Å²) >= 11 is 6.59. The van der Waals surface area contributed by atoms with Gasteiger partial charge in [-0.05, 0) is 30.7 Å². The summed E-state index contributed by atoms with van der Waals surface area (Å²) in [4.78, 5) is 14.5.